The van der Waals surface area contributed by atoms with E-state index >= 15 is 0 Å². The number of amides is 1. The maximum atomic E-state index is 12.5. The number of nitrogens with zero attached hydrogens (tertiary/aromatic N) is 3. The fourth-order valence-corrected chi connectivity index (χ4v) is 3.63. The quantitative estimate of drug-likeness (QED) is 0.864. The smallest absolute Gasteiger partial charge is 0.223 e. The van der Waals surface area contributed by atoms with Gasteiger partial charge in [0, 0.05) is 37.4 Å². The molecule has 2 heterocycles. The van der Waals surface area contributed by atoms with E-state index in [-0.39, 0.29) is 17.9 Å². The van der Waals surface area contributed by atoms with Crippen molar-refractivity contribution < 1.29 is 4.79 Å². The van der Waals surface area contributed by atoms with Crippen molar-refractivity contribution in [3.63, 3.8) is 0 Å². The summed E-state index contributed by atoms with van der Waals surface area (Å²) in [6, 6.07) is 0.288. The van der Waals surface area contributed by atoms with E-state index < -0.39 is 0 Å². The predicted octanol–water partition coefficient (Wildman–Crippen LogP) is 0.937. The second kappa shape index (κ2) is 7.05. The first-order valence-electron chi connectivity index (χ1n) is 8.29. The lowest BCUT2D eigenvalue weighted by Crippen LogP contribution is -2.46. The highest BCUT2D eigenvalue weighted by atomic mass is 16.2. The lowest BCUT2D eigenvalue weighted by Gasteiger charge is -2.32. The first kappa shape index (κ1) is 15.2. The minimum absolute atomic E-state index is 0.118. The van der Waals surface area contributed by atoms with E-state index in [2.05, 4.69) is 20.2 Å². The zero-order valence-corrected chi connectivity index (χ0v) is 12.9. The fraction of sp³-hybridized carbons (Fsp3) is 0.688. The Labute approximate surface area is 131 Å². The number of nitrogens with one attached hydrogen (secondary N) is 1. The standard InChI is InChI=1S/C16H25N5O/c17-10-13-2-1-3-14(13)20-16(22)12-4-8-21(9-5-12)15-11-18-6-7-19-15/h6-7,11-14H,1-5,8-10,17H2,(H,20,22). The number of rotatable bonds is 4. The molecule has 3 rings (SSSR count). The molecule has 1 aliphatic carbocycles. The summed E-state index contributed by atoms with van der Waals surface area (Å²) in [5, 5.41) is 3.24. The van der Waals surface area contributed by atoms with Crippen LogP contribution >= 0.6 is 0 Å². The third-order valence-corrected chi connectivity index (χ3v) is 5.03. The van der Waals surface area contributed by atoms with Crippen LogP contribution in [0.15, 0.2) is 18.6 Å². The summed E-state index contributed by atoms with van der Waals surface area (Å²) in [5.74, 6) is 1.69. The third kappa shape index (κ3) is 3.38. The van der Waals surface area contributed by atoms with E-state index in [9.17, 15) is 4.79 Å². The molecule has 0 radical (unpaired) electrons. The predicted molar refractivity (Wildman–Crippen MR) is 85.3 cm³/mol. The van der Waals surface area contributed by atoms with Crippen molar-refractivity contribution in [3.05, 3.63) is 18.6 Å². The molecule has 1 aromatic rings. The Kier molecular flexibility index (Phi) is 4.87. The number of hydrogen-bond donors (Lipinski definition) is 2. The topological polar surface area (TPSA) is 84.1 Å². The second-order valence-electron chi connectivity index (χ2n) is 6.37. The molecule has 1 saturated heterocycles. The van der Waals surface area contributed by atoms with Gasteiger partial charge in [-0.2, -0.15) is 0 Å². The van der Waals surface area contributed by atoms with Gasteiger partial charge in [0.25, 0.3) is 0 Å². The van der Waals surface area contributed by atoms with Crippen LogP contribution < -0.4 is 16.0 Å². The van der Waals surface area contributed by atoms with Gasteiger partial charge in [-0.1, -0.05) is 6.42 Å². The van der Waals surface area contributed by atoms with Gasteiger partial charge in [0.15, 0.2) is 0 Å². The number of nitrogens with two attached hydrogens (primary N) is 1. The van der Waals surface area contributed by atoms with Crippen LogP contribution in [-0.2, 0) is 4.79 Å². The molecule has 0 spiro atoms. The molecule has 2 fully saturated rings. The van der Waals surface area contributed by atoms with E-state index in [1.54, 1.807) is 18.6 Å². The first-order valence-corrected chi connectivity index (χ1v) is 8.29. The largest absolute Gasteiger partial charge is 0.355 e. The van der Waals surface area contributed by atoms with E-state index in [1.165, 1.54) is 6.42 Å². The molecular weight excluding hydrogens is 278 g/mol. The van der Waals surface area contributed by atoms with Crippen LogP contribution in [0.25, 0.3) is 0 Å². The molecule has 2 unspecified atom stereocenters. The highest BCUT2D eigenvalue weighted by Gasteiger charge is 2.31. The van der Waals surface area contributed by atoms with E-state index in [0.29, 0.717) is 12.5 Å². The number of carbonyl (C=O) groups is 1. The van der Waals surface area contributed by atoms with Gasteiger partial charge in [0.1, 0.15) is 5.82 Å². The Hall–Kier alpha value is -1.69. The fourth-order valence-electron chi connectivity index (χ4n) is 3.63. The minimum atomic E-state index is 0.118. The summed E-state index contributed by atoms with van der Waals surface area (Å²) in [6.07, 6.45) is 10.3. The van der Waals surface area contributed by atoms with Gasteiger partial charge < -0.3 is 16.0 Å². The van der Waals surface area contributed by atoms with Crippen LogP contribution in [0, 0.1) is 11.8 Å². The summed E-state index contributed by atoms with van der Waals surface area (Å²) in [5.41, 5.74) is 5.79. The molecular formula is C16H25N5O. The number of carbonyl (C=O) groups excluding carboxylic acids is 1. The number of anilines is 1. The third-order valence-electron chi connectivity index (χ3n) is 5.03. The average molecular weight is 303 g/mol. The van der Waals surface area contributed by atoms with Gasteiger partial charge in [-0.05, 0) is 38.1 Å². The lowest BCUT2D eigenvalue weighted by atomic mass is 9.94. The summed E-state index contributed by atoms with van der Waals surface area (Å²) in [6.45, 7) is 2.40. The van der Waals surface area contributed by atoms with Crippen LogP contribution in [0.5, 0.6) is 0 Å². The molecule has 0 bridgehead atoms. The van der Waals surface area contributed by atoms with Gasteiger partial charge in [-0.25, -0.2) is 4.98 Å². The van der Waals surface area contributed by atoms with Gasteiger partial charge in [-0.3, -0.25) is 9.78 Å². The Morgan fingerprint density at radius 2 is 2.09 bits per heavy atom. The van der Waals surface area contributed by atoms with Gasteiger partial charge in [0.05, 0.1) is 6.20 Å². The Bertz CT molecular complexity index is 487. The van der Waals surface area contributed by atoms with Crippen LogP contribution in [0.2, 0.25) is 0 Å². The van der Waals surface area contributed by atoms with Crippen molar-refractivity contribution >= 4 is 11.7 Å². The van der Waals surface area contributed by atoms with Crippen molar-refractivity contribution in [2.24, 2.45) is 17.6 Å². The molecule has 3 N–H and O–H groups in total. The maximum Gasteiger partial charge on any atom is 0.223 e. The van der Waals surface area contributed by atoms with Gasteiger partial charge >= 0.3 is 0 Å². The molecule has 1 amide bonds. The summed E-state index contributed by atoms with van der Waals surface area (Å²) in [4.78, 5) is 23.1. The molecule has 22 heavy (non-hydrogen) atoms. The van der Waals surface area contributed by atoms with Crippen molar-refractivity contribution in [1.82, 2.24) is 15.3 Å². The van der Waals surface area contributed by atoms with Crippen LogP contribution in [0.1, 0.15) is 32.1 Å². The zero-order valence-electron chi connectivity index (χ0n) is 12.9. The van der Waals surface area contributed by atoms with Gasteiger partial charge in [-0.15, -0.1) is 0 Å². The molecule has 2 atom stereocenters. The minimum Gasteiger partial charge on any atom is -0.355 e. The van der Waals surface area contributed by atoms with E-state index in [1.807, 2.05) is 0 Å². The monoisotopic (exact) mass is 303 g/mol. The van der Waals surface area contributed by atoms with E-state index in [4.69, 9.17) is 5.73 Å². The normalized spacial score (nSPS) is 26.1. The Morgan fingerprint density at radius 3 is 2.77 bits per heavy atom. The van der Waals surface area contributed by atoms with Crippen molar-refractivity contribution in [3.8, 4) is 0 Å². The number of piperidine rings is 1. The first-order chi connectivity index (χ1) is 10.8. The molecule has 120 valence electrons. The van der Waals surface area contributed by atoms with Gasteiger partial charge in [0.2, 0.25) is 5.91 Å². The van der Waals surface area contributed by atoms with E-state index in [0.717, 1.165) is 44.6 Å². The highest BCUT2D eigenvalue weighted by Crippen LogP contribution is 2.26. The van der Waals surface area contributed by atoms with Crippen LogP contribution in [0.4, 0.5) is 5.82 Å². The SMILES string of the molecule is NCC1CCCC1NC(=O)C1CCN(c2cnccn2)CC1. The number of aromatic nitrogens is 2. The van der Waals surface area contributed by atoms with Crippen molar-refractivity contribution in [2.45, 2.75) is 38.1 Å². The molecule has 6 nitrogen and oxygen atoms in total. The number of hydrogen-bond acceptors (Lipinski definition) is 5. The molecule has 1 saturated carbocycles. The highest BCUT2D eigenvalue weighted by molar-refractivity contribution is 5.79. The summed E-state index contributed by atoms with van der Waals surface area (Å²) in [7, 11) is 0. The molecule has 6 heteroatoms. The summed E-state index contributed by atoms with van der Waals surface area (Å²) < 4.78 is 0. The molecule has 0 aromatic carbocycles. The zero-order chi connectivity index (χ0) is 15.4. The van der Waals surface area contributed by atoms with Crippen molar-refractivity contribution in [2.75, 3.05) is 24.5 Å². The van der Waals surface area contributed by atoms with Crippen LogP contribution in [-0.4, -0.2) is 41.6 Å². The van der Waals surface area contributed by atoms with Crippen LogP contribution in [0.3, 0.4) is 0 Å². The maximum absolute atomic E-state index is 12.5. The van der Waals surface area contributed by atoms with Crippen molar-refractivity contribution in [1.29, 1.82) is 0 Å². The molecule has 1 aliphatic heterocycles. The Balaban J connectivity index is 1.50. The average Bonchev–Trinajstić information content (AvgIpc) is 3.03. The lowest BCUT2D eigenvalue weighted by molar-refractivity contribution is -0.126. The Morgan fingerprint density at radius 1 is 1.27 bits per heavy atom. The summed E-state index contributed by atoms with van der Waals surface area (Å²) >= 11 is 0. The molecule has 2 aliphatic rings. The molecule has 1 aromatic heterocycles. The second-order valence-corrected chi connectivity index (χ2v) is 6.37.